The number of carbonyl (C=O) groups is 1. The zero-order chi connectivity index (χ0) is 19.1. The number of hydrogen-bond acceptors (Lipinski definition) is 3. The van der Waals surface area contributed by atoms with Crippen molar-refractivity contribution in [2.45, 2.75) is 12.8 Å². The SMILES string of the molecule is O=C(Cc1ccc(Cl)cc1)Nc1ccc(NCCc2ccccc2F)cn1. The normalized spacial score (nSPS) is 10.4. The van der Waals surface area contributed by atoms with E-state index in [9.17, 15) is 9.18 Å². The number of hydrogen-bond donors (Lipinski definition) is 2. The van der Waals surface area contributed by atoms with Crippen LogP contribution < -0.4 is 10.6 Å². The van der Waals surface area contributed by atoms with E-state index in [1.807, 2.05) is 24.3 Å². The maximum Gasteiger partial charge on any atom is 0.229 e. The average molecular weight is 384 g/mol. The van der Waals surface area contributed by atoms with Crippen LogP contribution in [0.1, 0.15) is 11.1 Å². The summed E-state index contributed by atoms with van der Waals surface area (Å²) >= 11 is 5.84. The van der Waals surface area contributed by atoms with Gasteiger partial charge >= 0.3 is 0 Å². The summed E-state index contributed by atoms with van der Waals surface area (Å²) in [5, 5.41) is 6.59. The molecule has 1 heterocycles. The Morgan fingerprint density at radius 2 is 1.81 bits per heavy atom. The molecule has 3 rings (SSSR count). The van der Waals surface area contributed by atoms with E-state index in [0.717, 1.165) is 11.3 Å². The molecule has 1 aromatic heterocycles. The standard InChI is InChI=1S/C21H19ClFN3O/c22-17-7-5-15(6-8-17)13-21(27)26-20-10-9-18(14-25-20)24-12-11-16-3-1-2-4-19(16)23/h1-10,14,24H,11-13H2,(H,25,26,27). The number of halogens is 2. The van der Waals surface area contributed by atoms with Crippen molar-refractivity contribution < 1.29 is 9.18 Å². The number of anilines is 2. The third-order valence-corrected chi connectivity index (χ3v) is 4.24. The molecule has 4 nitrogen and oxygen atoms in total. The van der Waals surface area contributed by atoms with Crippen LogP contribution in [0, 0.1) is 5.82 Å². The van der Waals surface area contributed by atoms with Crippen molar-refractivity contribution in [1.82, 2.24) is 4.98 Å². The van der Waals surface area contributed by atoms with Gasteiger partial charge in [-0.05, 0) is 47.9 Å². The highest BCUT2D eigenvalue weighted by Crippen LogP contribution is 2.13. The summed E-state index contributed by atoms with van der Waals surface area (Å²) in [6.07, 6.45) is 2.47. The molecule has 3 aromatic rings. The Balaban J connectivity index is 1.47. The number of nitrogens with one attached hydrogen (secondary N) is 2. The molecule has 0 radical (unpaired) electrons. The maximum atomic E-state index is 13.6. The fraction of sp³-hybridized carbons (Fsp3) is 0.143. The van der Waals surface area contributed by atoms with Gasteiger partial charge < -0.3 is 10.6 Å². The first-order valence-corrected chi connectivity index (χ1v) is 8.95. The Morgan fingerprint density at radius 3 is 2.52 bits per heavy atom. The summed E-state index contributed by atoms with van der Waals surface area (Å²) in [5.41, 5.74) is 2.36. The van der Waals surface area contributed by atoms with Crippen molar-refractivity contribution in [1.29, 1.82) is 0 Å². The molecule has 0 fully saturated rings. The molecular formula is C21H19ClFN3O. The van der Waals surface area contributed by atoms with Gasteiger partial charge in [-0.25, -0.2) is 9.37 Å². The largest absolute Gasteiger partial charge is 0.383 e. The molecule has 0 unspecified atom stereocenters. The van der Waals surface area contributed by atoms with Gasteiger partial charge in [-0.2, -0.15) is 0 Å². The predicted molar refractivity (Wildman–Crippen MR) is 107 cm³/mol. The topological polar surface area (TPSA) is 54.0 Å². The molecule has 0 spiro atoms. The quantitative estimate of drug-likeness (QED) is 0.621. The lowest BCUT2D eigenvalue weighted by atomic mass is 10.1. The number of nitrogens with zero attached hydrogens (tertiary/aromatic N) is 1. The van der Waals surface area contributed by atoms with Crippen LogP contribution in [0.4, 0.5) is 15.9 Å². The van der Waals surface area contributed by atoms with Gasteiger partial charge in [0, 0.05) is 11.6 Å². The van der Waals surface area contributed by atoms with E-state index in [2.05, 4.69) is 15.6 Å². The smallest absolute Gasteiger partial charge is 0.229 e. The van der Waals surface area contributed by atoms with Gasteiger partial charge in [0.1, 0.15) is 11.6 Å². The highest BCUT2D eigenvalue weighted by Gasteiger charge is 2.05. The molecule has 0 atom stereocenters. The lowest BCUT2D eigenvalue weighted by Gasteiger charge is -2.08. The van der Waals surface area contributed by atoms with Gasteiger partial charge in [-0.15, -0.1) is 0 Å². The minimum absolute atomic E-state index is 0.148. The van der Waals surface area contributed by atoms with Crippen LogP contribution in [-0.4, -0.2) is 17.4 Å². The lowest BCUT2D eigenvalue weighted by Crippen LogP contribution is -2.15. The van der Waals surface area contributed by atoms with Crippen LogP contribution in [0.2, 0.25) is 5.02 Å². The Hall–Kier alpha value is -2.92. The van der Waals surface area contributed by atoms with E-state index in [1.165, 1.54) is 6.07 Å². The van der Waals surface area contributed by atoms with Gasteiger partial charge in [0.05, 0.1) is 18.3 Å². The predicted octanol–water partition coefficient (Wildman–Crippen LogP) is 4.71. The van der Waals surface area contributed by atoms with E-state index in [4.69, 9.17) is 11.6 Å². The molecule has 0 bridgehead atoms. The van der Waals surface area contributed by atoms with E-state index in [0.29, 0.717) is 29.4 Å². The molecule has 0 saturated carbocycles. The van der Waals surface area contributed by atoms with Crippen LogP contribution in [0.5, 0.6) is 0 Å². The summed E-state index contributed by atoms with van der Waals surface area (Å²) in [6.45, 7) is 0.588. The highest BCUT2D eigenvalue weighted by molar-refractivity contribution is 6.30. The van der Waals surface area contributed by atoms with Crippen molar-refractivity contribution in [2.75, 3.05) is 17.2 Å². The van der Waals surface area contributed by atoms with Crippen LogP contribution in [-0.2, 0) is 17.6 Å². The number of rotatable bonds is 7. The van der Waals surface area contributed by atoms with Gasteiger partial charge in [0.15, 0.2) is 0 Å². The van der Waals surface area contributed by atoms with E-state index < -0.39 is 0 Å². The second-order valence-corrected chi connectivity index (χ2v) is 6.49. The highest BCUT2D eigenvalue weighted by atomic mass is 35.5. The van der Waals surface area contributed by atoms with Crippen LogP contribution in [0.25, 0.3) is 0 Å². The Morgan fingerprint density at radius 1 is 1.04 bits per heavy atom. The van der Waals surface area contributed by atoms with Gasteiger partial charge in [-0.3, -0.25) is 4.79 Å². The van der Waals surface area contributed by atoms with Crippen molar-refractivity contribution in [3.63, 3.8) is 0 Å². The maximum absolute atomic E-state index is 13.6. The van der Waals surface area contributed by atoms with Crippen molar-refractivity contribution >= 4 is 29.0 Å². The first-order valence-electron chi connectivity index (χ1n) is 8.58. The van der Waals surface area contributed by atoms with E-state index in [-0.39, 0.29) is 18.1 Å². The molecule has 1 amide bonds. The first-order chi connectivity index (χ1) is 13.1. The molecular weight excluding hydrogens is 365 g/mol. The Labute approximate surface area is 162 Å². The second kappa shape index (κ2) is 9.14. The monoisotopic (exact) mass is 383 g/mol. The fourth-order valence-electron chi connectivity index (χ4n) is 2.59. The van der Waals surface area contributed by atoms with Crippen molar-refractivity contribution in [3.05, 3.63) is 88.8 Å². The number of aromatic nitrogens is 1. The molecule has 0 aliphatic carbocycles. The van der Waals surface area contributed by atoms with E-state index in [1.54, 1.807) is 36.5 Å². The van der Waals surface area contributed by atoms with Crippen LogP contribution >= 0.6 is 11.6 Å². The molecule has 0 aliphatic heterocycles. The number of carbonyl (C=O) groups excluding carboxylic acids is 1. The summed E-state index contributed by atoms with van der Waals surface area (Å²) in [4.78, 5) is 16.3. The van der Waals surface area contributed by atoms with Crippen molar-refractivity contribution in [2.24, 2.45) is 0 Å². The molecule has 0 saturated heterocycles. The first kappa shape index (κ1) is 18.9. The zero-order valence-electron chi connectivity index (χ0n) is 14.6. The molecule has 2 aromatic carbocycles. The summed E-state index contributed by atoms with van der Waals surface area (Å²) in [6, 6.07) is 17.4. The Kier molecular flexibility index (Phi) is 6.39. The lowest BCUT2D eigenvalue weighted by molar-refractivity contribution is -0.115. The molecule has 0 aliphatic rings. The van der Waals surface area contributed by atoms with E-state index >= 15 is 0 Å². The van der Waals surface area contributed by atoms with Gasteiger partial charge in [0.2, 0.25) is 5.91 Å². The number of amides is 1. The molecule has 27 heavy (non-hydrogen) atoms. The second-order valence-electron chi connectivity index (χ2n) is 6.05. The number of benzene rings is 2. The van der Waals surface area contributed by atoms with Gasteiger partial charge in [-0.1, -0.05) is 41.9 Å². The molecule has 6 heteroatoms. The fourth-order valence-corrected chi connectivity index (χ4v) is 2.72. The number of pyridine rings is 1. The molecule has 138 valence electrons. The van der Waals surface area contributed by atoms with Gasteiger partial charge in [0.25, 0.3) is 0 Å². The Bertz CT molecular complexity index is 898. The summed E-state index contributed by atoms with van der Waals surface area (Å²) in [7, 11) is 0. The summed E-state index contributed by atoms with van der Waals surface area (Å²) in [5.74, 6) is 0.134. The van der Waals surface area contributed by atoms with Crippen LogP contribution in [0.3, 0.4) is 0 Å². The minimum atomic E-state index is -0.198. The zero-order valence-corrected chi connectivity index (χ0v) is 15.3. The van der Waals surface area contributed by atoms with Crippen molar-refractivity contribution in [3.8, 4) is 0 Å². The summed E-state index contributed by atoms with van der Waals surface area (Å²) < 4.78 is 13.6. The minimum Gasteiger partial charge on any atom is -0.383 e. The third-order valence-electron chi connectivity index (χ3n) is 3.99. The van der Waals surface area contributed by atoms with Crippen LogP contribution in [0.15, 0.2) is 66.9 Å². The molecule has 2 N–H and O–H groups in total. The average Bonchev–Trinajstić information content (AvgIpc) is 2.66. The third kappa shape index (κ3) is 5.79.